The molecule has 0 spiro atoms. The number of esters is 3. The van der Waals surface area contributed by atoms with Gasteiger partial charge in [-0.25, -0.2) is 59.7 Å². The van der Waals surface area contributed by atoms with Crippen LogP contribution in [-0.4, -0.2) is 206 Å². The highest BCUT2D eigenvalue weighted by Crippen LogP contribution is 2.46. The number of alkyl halides is 4. The van der Waals surface area contributed by atoms with E-state index in [0.717, 1.165) is 0 Å². The fraction of sp³-hybridized carbons (Fsp3) is 0.417. The van der Waals surface area contributed by atoms with Crippen molar-refractivity contribution >= 4 is 148 Å². The summed E-state index contributed by atoms with van der Waals surface area (Å²) < 4.78 is 114. The van der Waals surface area contributed by atoms with Crippen LogP contribution in [0, 0.1) is 5.82 Å². The second-order valence-corrected chi connectivity index (χ2v) is 33.0. The van der Waals surface area contributed by atoms with Gasteiger partial charge in [-0.2, -0.15) is 0 Å². The molecule has 3 saturated heterocycles. The van der Waals surface area contributed by atoms with Gasteiger partial charge in [0.15, 0.2) is 42.4 Å². The normalized spacial score (nSPS) is 22.9. The van der Waals surface area contributed by atoms with Crippen molar-refractivity contribution in [3.05, 3.63) is 186 Å². The predicted octanol–water partition coefficient (Wildman–Crippen LogP) is 12.1. The van der Waals surface area contributed by atoms with E-state index in [0.29, 0.717) is 75.1 Å². The SMILES string of the molecule is CCOC(=O)C1=C(CN2C(C)C(F)(F)C[C@H]2CCC(=O)O)NC(c2nccs2)=N[C@H]1c1ccc(F)cc1Br.CCOC(=O)C1=C(CN2C(C)C(F)(F)C[C@H]2CCC(=O)O)NC(c2nccs2)=N[C@H]1c1ccccc1Cl.CCOC(=O)C1=C(CN2CCS(=O)(=O)C[C@H]2C(=O)O)NC(c2nccs2)=N[C@H]1c1ccc(Cl)cc1Cl. The third-order valence-corrected chi connectivity index (χ3v) is 24.5. The monoisotopic (exact) mass is 1740 g/mol. The first-order valence-corrected chi connectivity index (χ1v) is 41.1. The van der Waals surface area contributed by atoms with Gasteiger partial charge in [0, 0.05) is 146 Å². The number of benzene rings is 3. The smallest absolute Gasteiger partial charge is 0.338 e. The molecule has 6 aliphatic rings. The lowest BCUT2D eigenvalue weighted by Gasteiger charge is -2.35. The van der Waals surface area contributed by atoms with Crippen LogP contribution in [0.15, 0.2) is 149 Å². The molecule has 594 valence electrons. The Morgan fingerprint density at radius 3 is 1.40 bits per heavy atom. The number of aromatic nitrogens is 3. The first-order chi connectivity index (χ1) is 52.7. The van der Waals surface area contributed by atoms with Crippen molar-refractivity contribution in [3.8, 4) is 0 Å². The van der Waals surface area contributed by atoms with Crippen LogP contribution in [0.3, 0.4) is 0 Å². The van der Waals surface area contributed by atoms with Gasteiger partial charge in [-0.1, -0.05) is 81.1 Å². The van der Waals surface area contributed by atoms with E-state index in [9.17, 15) is 64.2 Å². The van der Waals surface area contributed by atoms with Crippen LogP contribution >= 0.6 is 84.7 Å². The number of thiazole rings is 3. The fourth-order valence-corrected chi connectivity index (χ4v) is 18.1. The van der Waals surface area contributed by atoms with E-state index in [2.05, 4.69) is 46.8 Å². The van der Waals surface area contributed by atoms with Gasteiger partial charge >= 0.3 is 35.8 Å². The zero-order valence-corrected chi connectivity index (χ0v) is 67.0. The van der Waals surface area contributed by atoms with Crippen LogP contribution in [0.25, 0.3) is 0 Å². The molecule has 6 aliphatic heterocycles. The van der Waals surface area contributed by atoms with E-state index in [1.807, 2.05) is 0 Å². The maximum Gasteiger partial charge on any atom is 0.338 e. The van der Waals surface area contributed by atoms with Gasteiger partial charge in [-0.05, 0) is 83.4 Å². The number of rotatable bonds is 25. The van der Waals surface area contributed by atoms with E-state index in [1.165, 1.54) is 81.9 Å². The van der Waals surface area contributed by atoms with Crippen LogP contribution in [0.1, 0.15) is 123 Å². The van der Waals surface area contributed by atoms with Gasteiger partial charge in [-0.15, -0.1) is 34.0 Å². The minimum atomic E-state index is -3.51. The van der Waals surface area contributed by atoms with Gasteiger partial charge in [-0.3, -0.25) is 44.1 Å². The molecular formula is C72H75BrCl3F5N12O14S4. The standard InChI is InChI=1S/C25H26BrF3N4O4S.C25H27ClF2N4O4S.C22H22Cl2N4O6S2/c1-3-37-24(36)20-18(12-33-13(2)25(28,29)11-15(33)5-7-19(34)35)31-22(23-30-8-9-38-23)32-21(20)16-6-4-14(27)10-17(16)26;1-3-36-24(35)20-18(13-32-14(2)25(27,28)12-15(32)8-9-19(33)34)30-22(23-29-10-11-37-23)31-21(20)16-6-4-5-7-17(16)26;1-2-34-22(31)17-15(10-28-6-8-36(32,33)11-16(28)21(29)30)26-19(20-25-5-7-35-20)27-18(17)13-4-3-12(23)9-14(13)24/h4,6,8-10,13,15,21H,3,5,7,11-12H2,1-2H3,(H,31,32)(H,34,35);4-7,10-11,14-15,21H,3,8-9,12-13H2,1-2H3,(H,30,31)(H,33,34);3-5,7,9,16,18H,2,6,8,10-11H2,1H3,(H,26,27)(H,29,30)/t13?,15-,21+;14?,15-,21+;16-,18-/m110/s1. The average Bonchev–Trinajstić information content (AvgIpc) is 1.73. The number of aliphatic carboxylic acids is 3. The summed E-state index contributed by atoms with van der Waals surface area (Å²) in [4.78, 5) is 106. The molecule has 26 nitrogen and oxygen atoms in total. The summed E-state index contributed by atoms with van der Waals surface area (Å²) in [6.07, 6.45) is 3.42. The largest absolute Gasteiger partial charge is 0.481 e. The second-order valence-electron chi connectivity index (χ2n) is 26.0. The van der Waals surface area contributed by atoms with Crippen LogP contribution in [0.2, 0.25) is 15.1 Å². The van der Waals surface area contributed by atoms with E-state index in [4.69, 9.17) is 74.2 Å². The molecule has 12 rings (SSSR count). The molecule has 0 saturated carbocycles. The van der Waals surface area contributed by atoms with Crippen LogP contribution in [0.5, 0.6) is 0 Å². The number of ether oxygens (including phenoxy) is 3. The average molecular weight is 1740 g/mol. The van der Waals surface area contributed by atoms with E-state index >= 15 is 0 Å². The highest BCUT2D eigenvalue weighted by Gasteiger charge is 2.54. The number of hydrogen-bond acceptors (Lipinski definition) is 26. The Labute approximate surface area is 669 Å². The van der Waals surface area contributed by atoms with Gasteiger partial charge < -0.3 is 45.5 Å². The molecule has 3 aromatic carbocycles. The molecule has 9 heterocycles. The number of likely N-dealkylation sites (tertiary alicyclic amines) is 2. The van der Waals surface area contributed by atoms with Crippen molar-refractivity contribution in [1.82, 2.24) is 45.6 Å². The number of carbonyl (C=O) groups excluding carboxylic acids is 3. The summed E-state index contributed by atoms with van der Waals surface area (Å²) in [5.74, 6) is -11.6. The molecule has 3 aromatic heterocycles. The number of nitrogens with zero attached hydrogens (tertiary/aromatic N) is 9. The highest BCUT2D eigenvalue weighted by atomic mass is 79.9. The quantitative estimate of drug-likeness (QED) is 0.0176. The van der Waals surface area contributed by atoms with Crippen LogP contribution in [-0.2, 0) is 52.8 Å². The van der Waals surface area contributed by atoms with E-state index in [-0.39, 0.29) is 105 Å². The van der Waals surface area contributed by atoms with Crippen LogP contribution < -0.4 is 16.0 Å². The van der Waals surface area contributed by atoms with Crippen molar-refractivity contribution in [2.45, 2.75) is 133 Å². The number of aliphatic imine (C=N–C) groups is 3. The predicted molar refractivity (Wildman–Crippen MR) is 411 cm³/mol. The van der Waals surface area contributed by atoms with Gasteiger partial charge in [0.05, 0.1) is 60.1 Å². The fourth-order valence-electron chi connectivity index (χ4n) is 13.5. The Kier molecular flexibility index (Phi) is 28.6. The maximum absolute atomic E-state index is 14.8. The van der Waals surface area contributed by atoms with Crippen molar-refractivity contribution in [3.63, 3.8) is 0 Å². The summed E-state index contributed by atoms with van der Waals surface area (Å²) in [6, 6.07) is 7.99. The van der Waals surface area contributed by atoms with Crippen molar-refractivity contribution in [1.29, 1.82) is 0 Å². The number of hydrogen-bond donors (Lipinski definition) is 6. The van der Waals surface area contributed by atoms with Crippen molar-refractivity contribution in [2.75, 3.05) is 57.5 Å². The molecule has 6 aromatic rings. The maximum atomic E-state index is 14.8. The number of carboxylic acid groups (broad SMARTS) is 3. The third kappa shape index (κ3) is 20.6. The molecule has 111 heavy (non-hydrogen) atoms. The summed E-state index contributed by atoms with van der Waals surface area (Å²) in [7, 11) is -3.51. The van der Waals surface area contributed by atoms with E-state index < -0.39 is 130 Å². The number of sulfone groups is 1. The molecule has 0 amide bonds. The Hall–Kier alpha value is -8.17. The Morgan fingerprint density at radius 1 is 0.595 bits per heavy atom. The lowest BCUT2D eigenvalue weighted by atomic mass is 9.95. The third-order valence-electron chi connectivity index (χ3n) is 18.9. The molecule has 39 heteroatoms. The summed E-state index contributed by atoms with van der Waals surface area (Å²) in [5, 5.41) is 45.4. The first-order valence-electron chi connectivity index (χ1n) is 34.7. The minimum absolute atomic E-state index is 0.0172. The van der Waals surface area contributed by atoms with Gasteiger partial charge in [0.25, 0.3) is 11.8 Å². The van der Waals surface area contributed by atoms with E-state index in [1.54, 1.807) is 96.8 Å². The Bertz CT molecular complexity index is 4770. The zero-order valence-electron chi connectivity index (χ0n) is 59.9. The molecule has 0 aliphatic carbocycles. The lowest BCUT2D eigenvalue weighted by molar-refractivity contribution is -0.142. The molecule has 0 bridgehead atoms. The molecule has 6 N–H and O–H groups in total. The van der Waals surface area contributed by atoms with Gasteiger partial charge in [0.2, 0.25) is 0 Å². The number of carbonyl (C=O) groups is 6. The molecule has 8 atom stereocenters. The first kappa shape index (κ1) is 85.3. The number of carboxylic acids is 3. The number of amidine groups is 3. The summed E-state index contributed by atoms with van der Waals surface area (Å²) in [5.41, 5.74) is 2.88. The van der Waals surface area contributed by atoms with Crippen molar-refractivity contribution in [2.24, 2.45) is 15.0 Å². The lowest BCUT2D eigenvalue weighted by Crippen LogP contribution is -2.54. The summed E-state index contributed by atoms with van der Waals surface area (Å²) in [6.45, 7) is 7.79. The topological polar surface area (TPSA) is 346 Å². The Balaban J connectivity index is 0.000000177. The number of halogens is 9. The second kappa shape index (κ2) is 37.2. The molecule has 0 radical (unpaired) electrons. The molecule has 2 unspecified atom stereocenters. The minimum Gasteiger partial charge on any atom is -0.481 e. The zero-order chi connectivity index (χ0) is 80.4. The highest BCUT2D eigenvalue weighted by molar-refractivity contribution is 9.10. The van der Waals surface area contributed by atoms with Crippen molar-refractivity contribution < 1.29 is 88.7 Å². The molecule has 3 fully saturated rings. The molecular weight excluding hydrogens is 1670 g/mol. The van der Waals surface area contributed by atoms with Gasteiger partial charge in [0.1, 0.15) is 30.0 Å². The Morgan fingerprint density at radius 2 is 1.01 bits per heavy atom. The summed E-state index contributed by atoms with van der Waals surface area (Å²) >= 11 is 26.4. The van der Waals surface area contributed by atoms with Crippen LogP contribution in [0.4, 0.5) is 22.0 Å². The number of nitrogens with one attached hydrogen (secondary N) is 3.